The molecule has 306 valence electrons. The van der Waals surface area contributed by atoms with Crippen LogP contribution in [-0.4, -0.2) is 26.1 Å². The Bertz CT molecular complexity index is 961. The van der Waals surface area contributed by atoms with E-state index >= 15 is 0 Å². The van der Waals surface area contributed by atoms with Crippen molar-refractivity contribution in [3.8, 4) is 0 Å². The maximum absolute atomic E-state index is 3.12. The van der Waals surface area contributed by atoms with Crippen LogP contribution in [0.25, 0.3) is 0 Å². The molecule has 0 spiro atoms. The van der Waals surface area contributed by atoms with Gasteiger partial charge < -0.3 is 0 Å². The van der Waals surface area contributed by atoms with Gasteiger partial charge in [0.25, 0.3) is 0 Å². The van der Waals surface area contributed by atoms with Gasteiger partial charge in [-0.05, 0) is 0 Å². The summed E-state index contributed by atoms with van der Waals surface area (Å²) in [6, 6.07) is 1.40. The van der Waals surface area contributed by atoms with Crippen LogP contribution in [0.1, 0.15) is 236 Å². The van der Waals surface area contributed by atoms with Crippen molar-refractivity contribution in [3.63, 3.8) is 0 Å². The second-order valence-corrected chi connectivity index (χ2v) is 22.3. The molecule has 0 aromatic heterocycles. The van der Waals surface area contributed by atoms with Crippen LogP contribution in [0.15, 0.2) is 9.28 Å². The summed E-state index contributed by atoms with van der Waals surface area (Å²) in [6.45, 7) is 25.1. The van der Waals surface area contributed by atoms with Crippen molar-refractivity contribution in [3.05, 3.63) is 9.28 Å². The molecule has 3 aliphatic rings. The Labute approximate surface area is 338 Å². The Morgan fingerprint density at radius 3 is 1.29 bits per heavy atom. The third kappa shape index (κ3) is 14.8. The Morgan fingerprint density at radius 1 is 0.519 bits per heavy atom. The van der Waals surface area contributed by atoms with Crippen molar-refractivity contribution >= 4 is 6.34 Å². The molecule has 2 saturated carbocycles. The van der Waals surface area contributed by atoms with Gasteiger partial charge in [0.05, 0.1) is 0 Å². The van der Waals surface area contributed by atoms with Gasteiger partial charge in [-0.15, -0.1) is 0 Å². The van der Waals surface area contributed by atoms with Crippen LogP contribution in [0.5, 0.6) is 0 Å². The topological polar surface area (TPSA) is 6.25 Å². The molecule has 1 heterocycles. The van der Waals surface area contributed by atoms with Crippen molar-refractivity contribution in [1.29, 1.82) is 0 Å². The molecule has 2 fully saturated rings. The first kappa shape index (κ1) is 46.3. The van der Waals surface area contributed by atoms with Gasteiger partial charge >= 0.3 is 333 Å². The molecule has 0 bridgehead atoms. The van der Waals surface area contributed by atoms with Crippen LogP contribution in [0.3, 0.4) is 0 Å². The average Bonchev–Trinajstić information content (AvgIpc) is 3.12. The van der Waals surface area contributed by atoms with Crippen LogP contribution in [0.4, 0.5) is 0 Å². The molecule has 2 aliphatic carbocycles. The number of halogens is 1. The van der Waals surface area contributed by atoms with Crippen molar-refractivity contribution < 1.29 is 24.3 Å². The van der Waals surface area contributed by atoms with Crippen LogP contribution in [0.2, 0.25) is 0 Å². The van der Waals surface area contributed by atoms with Gasteiger partial charge in [-0.1, -0.05) is 6.92 Å². The Balaban J connectivity index is 1.96. The summed E-state index contributed by atoms with van der Waals surface area (Å²) < 4.78 is 5.09. The summed E-state index contributed by atoms with van der Waals surface area (Å²) in [6.07, 6.45) is 40.0. The zero-order valence-corrected chi connectivity index (χ0v) is 39.2. The number of allylic oxidation sites excluding steroid dienone is 2. The zero-order chi connectivity index (χ0) is 37.9. The van der Waals surface area contributed by atoms with E-state index < -0.39 is 0 Å². The van der Waals surface area contributed by atoms with Crippen LogP contribution < -0.4 is 21.5 Å². The predicted octanol–water partition coefficient (Wildman–Crippen LogP) is 12.6. The molecule has 0 saturated heterocycles. The Morgan fingerprint density at radius 2 is 0.885 bits per heavy atom. The molecule has 2 nitrogen and oxygen atoms in total. The fourth-order valence-corrected chi connectivity index (χ4v) is 14.4. The first-order valence-electron chi connectivity index (χ1n) is 23.9. The van der Waals surface area contributed by atoms with Crippen LogP contribution in [-0.2, 0) is 0 Å². The number of rotatable bonds is 26. The molecular weight excluding hydrogens is 743 g/mol. The van der Waals surface area contributed by atoms with E-state index in [-0.39, 0.29) is 21.5 Å². The summed E-state index contributed by atoms with van der Waals surface area (Å²) in [5.74, 6) is 6.31. The van der Waals surface area contributed by atoms with Gasteiger partial charge in [0.2, 0.25) is 0 Å². The zero-order valence-electron chi connectivity index (χ0n) is 37.0. The molecule has 1 aliphatic heterocycles. The first-order valence-corrected chi connectivity index (χ1v) is 25.9. The summed E-state index contributed by atoms with van der Waals surface area (Å²) in [4.78, 5) is 3.09. The molecule has 3 heteroatoms. The second-order valence-electron chi connectivity index (χ2n) is 19.4. The van der Waals surface area contributed by atoms with E-state index in [1.807, 2.05) is 9.28 Å². The molecule has 0 N–H and O–H groups in total. The summed E-state index contributed by atoms with van der Waals surface area (Å²) in [5, 5.41) is 0. The number of unbranched alkanes of at least 4 members (excludes halogenated alkanes) is 16. The van der Waals surface area contributed by atoms with E-state index in [2.05, 4.69) is 83.3 Å². The molecule has 0 radical (unpaired) electrons. The fourth-order valence-electron chi connectivity index (χ4n) is 10.7. The normalized spacial score (nSPS) is 26.2. The minimum absolute atomic E-state index is 0.158. The molecule has 0 amide bonds. The fraction of sp³-hybridized carbons (Fsp3) is 0.939. The van der Waals surface area contributed by atoms with E-state index in [4.69, 9.17) is 0 Å². The van der Waals surface area contributed by atoms with E-state index in [1.54, 1.807) is 0 Å². The van der Waals surface area contributed by atoms with Crippen molar-refractivity contribution in [1.82, 2.24) is 4.90 Å². The Hall–Kier alpha value is -0.0600. The third-order valence-electron chi connectivity index (χ3n) is 14.0. The number of nitrogens with zero attached hydrogens (tertiary/aromatic N) is 2. The monoisotopic (exact) mass is 837 g/mol. The quantitative estimate of drug-likeness (QED) is 0.0478. The van der Waals surface area contributed by atoms with Gasteiger partial charge in [-0.2, -0.15) is 0 Å². The van der Waals surface area contributed by atoms with E-state index in [1.165, 1.54) is 167 Å². The first-order chi connectivity index (χ1) is 25.1. The van der Waals surface area contributed by atoms with E-state index in [0.717, 1.165) is 53.4 Å². The standard InChI is InChI=1S/C49H93IN2/c1-11-13-15-17-19-21-23-25-27-35-46-47(36-28-26-24-22-20-18-16-14-12-2)51(48-42(38(3)4)31-29-32-43(48)39(5)6)37-52(50-46)49-44(40(7)8)33-30-34-45(49)41(9)10/h37-45,48-49H,11-36H2,1-10H3. The average molecular weight is 837 g/mol. The molecule has 4 unspecified atom stereocenters. The maximum atomic E-state index is 3.12. The van der Waals surface area contributed by atoms with Crippen LogP contribution >= 0.6 is 0 Å². The van der Waals surface area contributed by atoms with Crippen molar-refractivity contribution in [2.75, 3.05) is 0 Å². The third-order valence-corrected chi connectivity index (χ3v) is 17.2. The summed E-state index contributed by atoms with van der Waals surface area (Å²) in [7, 11) is 0. The van der Waals surface area contributed by atoms with Crippen LogP contribution in [0, 0.1) is 47.3 Å². The van der Waals surface area contributed by atoms with Crippen molar-refractivity contribution in [2.45, 2.75) is 248 Å². The molecule has 3 rings (SSSR count). The van der Waals surface area contributed by atoms with E-state index in [0.29, 0.717) is 6.04 Å². The molecule has 4 atom stereocenters. The Kier molecular flexibility index (Phi) is 23.1. The molecule has 52 heavy (non-hydrogen) atoms. The van der Waals surface area contributed by atoms with Gasteiger partial charge in [-0.25, -0.2) is 0 Å². The van der Waals surface area contributed by atoms with Gasteiger partial charge in [0.15, 0.2) is 0 Å². The van der Waals surface area contributed by atoms with Crippen molar-refractivity contribution in [2.24, 2.45) is 47.3 Å². The van der Waals surface area contributed by atoms with Gasteiger partial charge in [0, 0.05) is 0 Å². The predicted molar refractivity (Wildman–Crippen MR) is 227 cm³/mol. The van der Waals surface area contributed by atoms with Gasteiger partial charge in [0.1, 0.15) is 0 Å². The summed E-state index contributed by atoms with van der Waals surface area (Å²) in [5.41, 5.74) is 1.85. The second kappa shape index (κ2) is 26.0. The van der Waals surface area contributed by atoms with Gasteiger partial charge in [-0.3, -0.25) is 0 Å². The molecular formula is C49H93IN2. The number of hydrogen-bond donors (Lipinski definition) is 0. The molecule has 0 aromatic carbocycles. The summed E-state index contributed by atoms with van der Waals surface area (Å²) >= 11 is -0.158. The van der Waals surface area contributed by atoms with E-state index in [9.17, 15) is 0 Å². The molecule has 0 aromatic rings. The minimum atomic E-state index is -0.158. The SMILES string of the molecule is CCCCCCCCCCCC1=C(CCCCCCCCCCC)N(C2C(C(C)C)CCCC2C(C)C)C=[N+](C2C(C(C)C)CCCC2C(C)C)[I-]1. The number of hydrogen-bond acceptors (Lipinski definition) is 1.